The third-order valence-electron chi connectivity index (χ3n) is 7.29. The molecule has 1 amide bonds. The van der Waals surface area contributed by atoms with Crippen molar-refractivity contribution in [1.82, 2.24) is 20.0 Å². The highest BCUT2D eigenvalue weighted by atomic mass is 16.6. The molecule has 4 heterocycles. The number of likely N-dealkylation sites (tertiary alicyclic amines) is 1. The third-order valence-corrected chi connectivity index (χ3v) is 7.29. The monoisotopic (exact) mass is 480 g/mol. The van der Waals surface area contributed by atoms with Gasteiger partial charge in [0.05, 0.1) is 17.4 Å². The fraction of sp³-hybridized carbons (Fsp3) is 0.577. The molecule has 2 aromatic rings. The quantitative estimate of drug-likeness (QED) is 0.674. The first-order valence-electron chi connectivity index (χ1n) is 12.6. The number of ether oxygens (including phenoxy) is 1. The normalized spacial score (nSPS) is 23.3. The van der Waals surface area contributed by atoms with Crippen molar-refractivity contribution in [2.45, 2.75) is 64.3 Å². The molecule has 1 aromatic carbocycles. The maximum atomic E-state index is 12.4. The number of benzene rings is 1. The Morgan fingerprint density at radius 1 is 1.11 bits per heavy atom. The van der Waals surface area contributed by atoms with Crippen molar-refractivity contribution < 1.29 is 14.6 Å². The minimum atomic E-state index is -0.464. The van der Waals surface area contributed by atoms with Gasteiger partial charge in [0.2, 0.25) is 0 Å². The standard InChI is InChI=1S/C26H36N6O3/c1-17-22-16-31(18-9-11-30(12-10-18)25(34)35-26(2,3)4)13-14-32(22)21-15-20(28-29-24(21)27-17)19-7-5-6-8-23(19)33/h5-8,15,17-18,22,33H,9-14,16H2,1-4H3,(H,27,29)/t17-,22-/m1/s1. The number of carbonyl (C=O) groups excluding carboxylic acids is 1. The van der Waals surface area contributed by atoms with Gasteiger partial charge in [0.25, 0.3) is 0 Å². The van der Waals surface area contributed by atoms with Crippen molar-refractivity contribution in [3.05, 3.63) is 30.3 Å². The van der Waals surface area contributed by atoms with Crippen LogP contribution >= 0.6 is 0 Å². The first kappa shape index (κ1) is 23.7. The number of para-hydroxylation sites is 1. The van der Waals surface area contributed by atoms with Gasteiger partial charge in [0.1, 0.15) is 11.4 Å². The molecule has 5 rings (SSSR count). The van der Waals surface area contributed by atoms with Gasteiger partial charge in [-0.3, -0.25) is 4.90 Å². The van der Waals surface area contributed by atoms with E-state index in [1.165, 1.54) is 0 Å². The van der Waals surface area contributed by atoms with Crippen molar-refractivity contribution in [2.75, 3.05) is 42.9 Å². The summed E-state index contributed by atoms with van der Waals surface area (Å²) in [6.07, 6.45) is 1.73. The first-order valence-corrected chi connectivity index (χ1v) is 12.6. The van der Waals surface area contributed by atoms with Crippen molar-refractivity contribution in [1.29, 1.82) is 0 Å². The maximum absolute atomic E-state index is 12.4. The Hall–Kier alpha value is -3.07. The highest BCUT2D eigenvalue weighted by Crippen LogP contribution is 2.38. The molecule has 2 saturated heterocycles. The van der Waals surface area contributed by atoms with Gasteiger partial charge in [-0.15, -0.1) is 10.2 Å². The van der Waals surface area contributed by atoms with Gasteiger partial charge in [-0.1, -0.05) is 12.1 Å². The van der Waals surface area contributed by atoms with E-state index in [2.05, 4.69) is 32.2 Å². The van der Waals surface area contributed by atoms with E-state index < -0.39 is 5.60 Å². The number of anilines is 2. The van der Waals surface area contributed by atoms with E-state index in [-0.39, 0.29) is 17.9 Å². The number of phenolic OH excluding ortho intramolecular Hbond substituents is 1. The number of phenols is 1. The predicted molar refractivity (Wildman–Crippen MR) is 136 cm³/mol. The van der Waals surface area contributed by atoms with Crippen LogP contribution in [0.1, 0.15) is 40.5 Å². The summed E-state index contributed by atoms with van der Waals surface area (Å²) in [4.78, 5) is 19.3. The molecule has 9 heteroatoms. The lowest BCUT2D eigenvalue weighted by Gasteiger charge is -2.51. The number of nitrogens with one attached hydrogen (secondary N) is 1. The summed E-state index contributed by atoms with van der Waals surface area (Å²) in [5, 5.41) is 22.7. The van der Waals surface area contributed by atoms with Crippen molar-refractivity contribution in [3.8, 4) is 17.0 Å². The number of piperidine rings is 1. The molecule has 1 aromatic heterocycles. The lowest BCUT2D eigenvalue weighted by atomic mass is 9.96. The van der Waals surface area contributed by atoms with E-state index in [4.69, 9.17) is 4.74 Å². The second-order valence-corrected chi connectivity index (χ2v) is 10.9. The minimum Gasteiger partial charge on any atom is -0.507 e. The number of piperazine rings is 1. The molecule has 188 valence electrons. The SMILES string of the molecule is C[C@H]1Nc2nnc(-c3ccccc3O)cc2N2CCN(C3CCN(C(=O)OC(C)(C)C)CC3)C[C@H]12. The molecular weight excluding hydrogens is 444 g/mol. The summed E-state index contributed by atoms with van der Waals surface area (Å²) in [5.74, 6) is 1.00. The minimum absolute atomic E-state index is 0.205. The molecule has 0 radical (unpaired) electrons. The van der Waals surface area contributed by atoms with Crippen LogP contribution in [0.15, 0.2) is 30.3 Å². The van der Waals surface area contributed by atoms with Crippen molar-refractivity contribution in [2.24, 2.45) is 0 Å². The second-order valence-electron chi connectivity index (χ2n) is 10.9. The third kappa shape index (κ3) is 4.87. The number of amides is 1. The number of hydrogen-bond donors (Lipinski definition) is 2. The highest BCUT2D eigenvalue weighted by molar-refractivity contribution is 5.77. The van der Waals surface area contributed by atoms with Gasteiger partial charge < -0.3 is 25.0 Å². The van der Waals surface area contributed by atoms with E-state index in [9.17, 15) is 9.90 Å². The lowest BCUT2D eigenvalue weighted by Crippen LogP contribution is -2.63. The average Bonchev–Trinajstić information content (AvgIpc) is 2.83. The molecule has 3 aliphatic heterocycles. The summed E-state index contributed by atoms with van der Waals surface area (Å²) < 4.78 is 5.56. The van der Waals surface area contributed by atoms with Crippen LogP contribution in [0.3, 0.4) is 0 Å². The van der Waals surface area contributed by atoms with Crippen molar-refractivity contribution >= 4 is 17.6 Å². The molecule has 2 N–H and O–H groups in total. The molecule has 0 aliphatic carbocycles. The Kier molecular flexibility index (Phi) is 6.21. The van der Waals surface area contributed by atoms with Crippen LogP contribution in [0, 0.1) is 0 Å². The number of carbonyl (C=O) groups is 1. The van der Waals surface area contributed by atoms with Crippen LogP contribution in [-0.2, 0) is 4.74 Å². The molecular formula is C26H36N6O3. The number of nitrogens with zero attached hydrogens (tertiary/aromatic N) is 5. The summed E-state index contributed by atoms with van der Waals surface area (Å²) in [6, 6.07) is 10.3. The molecule has 0 spiro atoms. The van der Waals surface area contributed by atoms with Crippen LogP contribution in [0.4, 0.5) is 16.3 Å². The summed E-state index contributed by atoms with van der Waals surface area (Å²) >= 11 is 0. The maximum Gasteiger partial charge on any atom is 0.410 e. The zero-order valence-corrected chi connectivity index (χ0v) is 21.1. The average molecular weight is 481 g/mol. The zero-order chi connectivity index (χ0) is 24.7. The Morgan fingerprint density at radius 3 is 2.57 bits per heavy atom. The molecule has 0 bridgehead atoms. The van der Waals surface area contributed by atoms with E-state index in [1.54, 1.807) is 12.1 Å². The van der Waals surface area contributed by atoms with Gasteiger partial charge in [-0.25, -0.2) is 4.79 Å². The van der Waals surface area contributed by atoms with Gasteiger partial charge in [0, 0.05) is 50.4 Å². The molecule has 35 heavy (non-hydrogen) atoms. The van der Waals surface area contributed by atoms with Crippen LogP contribution in [0.25, 0.3) is 11.3 Å². The largest absolute Gasteiger partial charge is 0.507 e. The molecule has 2 atom stereocenters. The topological polar surface area (TPSA) is 94.1 Å². The molecule has 0 unspecified atom stereocenters. The smallest absolute Gasteiger partial charge is 0.410 e. The van der Waals surface area contributed by atoms with Gasteiger partial charge >= 0.3 is 6.09 Å². The van der Waals surface area contributed by atoms with Gasteiger partial charge in [0.15, 0.2) is 5.82 Å². The molecule has 2 fully saturated rings. The summed E-state index contributed by atoms with van der Waals surface area (Å²) in [6.45, 7) is 12.2. The van der Waals surface area contributed by atoms with Crippen LogP contribution in [0.5, 0.6) is 5.75 Å². The van der Waals surface area contributed by atoms with E-state index >= 15 is 0 Å². The molecule has 3 aliphatic rings. The highest BCUT2D eigenvalue weighted by Gasteiger charge is 2.40. The fourth-order valence-electron chi connectivity index (χ4n) is 5.47. The van der Waals surface area contributed by atoms with Crippen LogP contribution in [-0.4, -0.2) is 87.6 Å². The number of rotatable bonds is 2. The lowest BCUT2D eigenvalue weighted by molar-refractivity contribution is 0.0129. The van der Waals surface area contributed by atoms with Gasteiger partial charge in [-0.05, 0) is 58.7 Å². The fourth-order valence-corrected chi connectivity index (χ4v) is 5.47. The second kappa shape index (κ2) is 9.18. The number of aromatic nitrogens is 2. The van der Waals surface area contributed by atoms with Crippen molar-refractivity contribution in [3.63, 3.8) is 0 Å². The Labute approximate surface area is 207 Å². The molecule has 9 nitrogen and oxygen atoms in total. The van der Waals surface area contributed by atoms with Gasteiger partial charge in [-0.2, -0.15) is 0 Å². The first-order chi connectivity index (χ1) is 16.7. The Bertz CT molecular complexity index is 1080. The number of aromatic hydroxyl groups is 1. The van der Waals surface area contributed by atoms with Crippen LogP contribution in [0.2, 0.25) is 0 Å². The summed E-state index contributed by atoms with van der Waals surface area (Å²) in [5.41, 5.74) is 1.94. The number of hydrogen-bond acceptors (Lipinski definition) is 8. The predicted octanol–water partition coefficient (Wildman–Crippen LogP) is 3.55. The van der Waals surface area contributed by atoms with E-state index in [1.807, 2.05) is 43.9 Å². The summed E-state index contributed by atoms with van der Waals surface area (Å²) in [7, 11) is 0. The van der Waals surface area contributed by atoms with E-state index in [0.29, 0.717) is 23.3 Å². The number of fused-ring (bicyclic) bond motifs is 3. The van der Waals surface area contributed by atoms with E-state index in [0.717, 1.165) is 57.1 Å². The Balaban J connectivity index is 1.26. The van der Waals surface area contributed by atoms with Crippen LogP contribution < -0.4 is 10.2 Å². The molecule has 0 saturated carbocycles. The Morgan fingerprint density at radius 2 is 1.86 bits per heavy atom. The zero-order valence-electron chi connectivity index (χ0n) is 21.1.